The summed E-state index contributed by atoms with van der Waals surface area (Å²) in [4.78, 5) is 11.9. The largest absolute Gasteiger partial charge is 0.416 e. The van der Waals surface area contributed by atoms with Gasteiger partial charge in [0.25, 0.3) is 0 Å². The molecule has 2 rings (SSSR count). The quantitative estimate of drug-likeness (QED) is 0.840. The number of hydrogen-bond donors (Lipinski definition) is 1. The second kappa shape index (κ2) is 5.53. The monoisotopic (exact) mass is 335 g/mol. The van der Waals surface area contributed by atoms with Gasteiger partial charge in [0.15, 0.2) is 0 Å². The molecule has 1 N–H and O–H groups in total. The van der Waals surface area contributed by atoms with Crippen LogP contribution in [0.3, 0.4) is 0 Å². The highest BCUT2D eigenvalue weighted by Crippen LogP contribution is 2.34. The van der Waals surface area contributed by atoms with Crippen LogP contribution in [0.2, 0.25) is 0 Å². The van der Waals surface area contributed by atoms with E-state index in [1.165, 1.54) is 6.07 Å². The van der Waals surface area contributed by atoms with Crippen LogP contribution in [0, 0.1) is 5.92 Å². The molecule has 1 aliphatic carbocycles. The first-order valence-corrected chi connectivity index (χ1v) is 6.85. The summed E-state index contributed by atoms with van der Waals surface area (Å²) >= 11 is 3.15. The summed E-state index contributed by atoms with van der Waals surface area (Å²) < 4.78 is 38.3. The summed E-state index contributed by atoms with van der Waals surface area (Å²) in [5.41, 5.74) is -0.593. The van der Waals surface area contributed by atoms with Crippen LogP contribution >= 0.6 is 15.9 Å². The van der Waals surface area contributed by atoms with E-state index in [0.717, 1.165) is 37.8 Å². The maximum atomic E-state index is 12.6. The van der Waals surface area contributed by atoms with Crippen LogP contribution in [-0.2, 0) is 11.0 Å². The molecular formula is C13H13BrF3NO. The van der Waals surface area contributed by atoms with E-state index in [-0.39, 0.29) is 17.5 Å². The van der Waals surface area contributed by atoms with Gasteiger partial charge >= 0.3 is 6.18 Å². The van der Waals surface area contributed by atoms with E-state index in [4.69, 9.17) is 0 Å². The van der Waals surface area contributed by atoms with E-state index in [1.807, 2.05) is 0 Å². The highest BCUT2D eigenvalue weighted by atomic mass is 79.9. The Hall–Kier alpha value is -1.04. The number of carbonyl (C=O) groups excluding carboxylic acids is 1. The summed E-state index contributed by atoms with van der Waals surface area (Å²) in [7, 11) is 0. The van der Waals surface area contributed by atoms with Gasteiger partial charge in [0.2, 0.25) is 5.91 Å². The Bertz CT molecular complexity index is 481. The minimum absolute atomic E-state index is 0.0820. The summed E-state index contributed by atoms with van der Waals surface area (Å²) in [5.74, 6) is -0.279. The van der Waals surface area contributed by atoms with Gasteiger partial charge in [0, 0.05) is 10.4 Å². The number of benzene rings is 1. The van der Waals surface area contributed by atoms with Crippen LogP contribution in [0.25, 0.3) is 0 Å². The Balaban J connectivity index is 2.17. The van der Waals surface area contributed by atoms with Crippen molar-refractivity contribution in [2.24, 2.45) is 5.92 Å². The zero-order valence-electron chi connectivity index (χ0n) is 10.1. The number of alkyl halides is 3. The van der Waals surface area contributed by atoms with Crippen LogP contribution in [0.5, 0.6) is 0 Å². The SMILES string of the molecule is O=C(Nc1cc(C(F)(F)F)ccc1Br)C1CCCC1. The fourth-order valence-electron chi connectivity index (χ4n) is 2.22. The van der Waals surface area contributed by atoms with Crippen molar-refractivity contribution in [1.29, 1.82) is 0 Å². The lowest BCUT2D eigenvalue weighted by Crippen LogP contribution is -2.21. The number of halogens is 4. The van der Waals surface area contributed by atoms with Gasteiger partial charge in [-0.3, -0.25) is 4.79 Å². The highest BCUT2D eigenvalue weighted by Gasteiger charge is 2.31. The minimum atomic E-state index is -4.41. The lowest BCUT2D eigenvalue weighted by molar-refractivity contribution is -0.137. The third-order valence-electron chi connectivity index (χ3n) is 3.28. The van der Waals surface area contributed by atoms with Gasteiger partial charge in [-0.05, 0) is 47.0 Å². The number of nitrogens with one attached hydrogen (secondary N) is 1. The van der Waals surface area contributed by atoms with Crippen LogP contribution in [0.1, 0.15) is 31.2 Å². The zero-order chi connectivity index (χ0) is 14.0. The van der Waals surface area contributed by atoms with Gasteiger partial charge < -0.3 is 5.32 Å². The summed E-state index contributed by atoms with van der Waals surface area (Å²) in [6, 6.07) is 3.24. The molecular weight excluding hydrogens is 323 g/mol. The number of anilines is 1. The van der Waals surface area contributed by atoms with Crippen LogP contribution in [0.4, 0.5) is 18.9 Å². The van der Waals surface area contributed by atoms with Crippen molar-refractivity contribution in [1.82, 2.24) is 0 Å². The second-order valence-corrected chi connectivity index (χ2v) is 5.52. The molecule has 0 aliphatic heterocycles. The minimum Gasteiger partial charge on any atom is -0.325 e. The van der Waals surface area contributed by atoms with Crippen molar-refractivity contribution >= 4 is 27.5 Å². The molecule has 6 heteroatoms. The molecule has 0 spiro atoms. The molecule has 1 aliphatic rings. The topological polar surface area (TPSA) is 29.1 Å². The van der Waals surface area contributed by atoms with Crippen molar-refractivity contribution in [3.8, 4) is 0 Å². The zero-order valence-corrected chi connectivity index (χ0v) is 11.6. The molecule has 2 nitrogen and oxygen atoms in total. The number of rotatable bonds is 2. The van der Waals surface area contributed by atoms with Crippen LogP contribution in [-0.4, -0.2) is 5.91 Å². The summed E-state index contributed by atoms with van der Waals surface area (Å²) in [6.07, 6.45) is -0.790. The Labute approximate surface area is 117 Å². The molecule has 1 aromatic rings. The molecule has 19 heavy (non-hydrogen) atoms. The van der Waals surface area contributed by atoms with Gasteiger partial charge in [0.05, 0.1) is 11.3 Å². The molecule has 0 saturated heterocycles. The van der Waals surface area contributed by atoms with E-state index in [2.05, 4.69) is 21.2 Å². The van der Waals surface area contributed by atoms with Crippen molar-refractivity contribution in [3.05, 3.63) is 28.2 Å². The fourth-order valence-corrected chi connectivity index (χ4v) is 2.57. The first-order valence-electron chi connectivity index (χ1n) is 6.05. The van der Waals surface area contributed by atoms with Gasteiger partial charge in [-0.2, -0.15) is 13.2 Å². The van der Waals surface area contributed by atoms with Gasteiger partial charge in [-0.25, -0.2) is 0 Å². The van der Waals surface area contributed by atoms with E-state index >= 15 is 0 Å². The highest BCUT2D eigenvalue weighted by molar-refractivity contribution is 9.10. The number of amides is 1. The summed E-state index contributed by atoms with van der Waals surface area (Å²) in [5, 5.41) is 2.58. The molecule has 1 aromatic carbocycles. The average Bonchev–Trinajstić information content (AvgIpc) is 2.84. The molecule has 0 heterocycles. The molecule has 1 saturated carbocycles. The first kappa shape index (κ1) is 14.4. The predicted octanol–water partition coefficient (Wildman–Crippen LogP) is 4.60. The smallest absolute Gasteiger partial charge is 0.325 e. The van der Waals surface area contributed by atoms with E-state index < -0.39 is 11.7 Å². The molecule has 0 aromatic heterocycles. The third kappa shape index (κ3) is 3.49. The van der Waals surface area contributed by atoms with Gasteiger partial charge in [-0.15, -0.1) is 0 Å². The van der Waals surface area contributed by atoms with Crippen LogP contribution in [0.15, 0.2) is 22.7 Å². The average molecular weight is 336 g/mol. The molecule has 1 fully saturated rings. The third-order valence-corrected chi connectivity index (χ3v) is 3.97. The van der Waals surface area contributed by atoms with Crippen molar-refractivity contribution < 1.29 is 18.0 Å². The second-order valence-electron chi connectivity index (χ2n) is 4.66. The van der Waals surface area contributed by atoms with E-state index in [1.54, 1.807) is 0 Å². The molecule has 0 atom stereocenters. The Kier molecular flexibility index (Phi) is 4.18. The molecule has 0 radical (unpaired) electrons. The predicted molar refractivity (Wildman–Crippen MR) is 69.7 cm³/mol. The van der Waals surface area contributed by atoms with Crippen molar-refractivity contribution in [3.63, 3.8) is 0 Å². The van der Waals surface area contributed by atoms with Gasteiger partial charge in [-0.1, -0.05) is 12.8 Å². The molecule has 1 amide bonds. The summed E-state index contributed by atoms with van der Waals surface area (Å²) in [6.45, 7) is 0. The Morgan fingerprint density at radius 2 is 1.89 bits per heavy atom. The Morgan fingerprint density at radius 1 is 1.26 bits per heavy atom. The maximum absolute atomic E-state index is 12.6. The lowest BCUT2D eigenvalue weighted by atomic mass is 10.1. The number of hydrogen-bond acceptors (Lipinski definition) is 1. The van der Waals surface area contributed by atoms with Crippen LogP contribution < -0.4 is 5.32 Å². The number of carbonyl (C=O) groups is 1. The molecule has 0 bridgehead atoms. The lowest BCUT2D eigenvalue weighted by Gasteiger charge is -2.14. The normalized spacial score (nSPS) is 16.6. The van der Waals surface area contributed by atoms with Crippen molar-refractivity contribution in [2.45, 2.75) is 31.9 Å². The van der Waals surface area contributed by atoms with E-state index in [9.17, 15) is 18.0 Å². The molecule has 104 valence electrons. The maximum Gasteiger partial charge on any atom is 0.416 e. The first-order chi connectivity index (χ1) is 8.88. The van der Waals surface area contributed by atoms with Gasteiger partial charge in [0.1, 0.15) is 0 Å². The fraction of sp³-hybridized carbons (Fsp3) is 0.462. The van der Waals surface area contributed by atoms with E-state index in [0.29, 0.717) is 4.47 Å². The standard InChI is InChI=1S/C13H13BrF3NO/c14-10-6-5-9(13(15,16)17)7-11(10)18-12(19)8-3-1-2-4-8/h5-8H,1-4H2,(H,18,19). The Morgan fingerprint density at radius 3 is 2.47 bits per heavy atom. The van der Waals surface area contributed by atoms with Crippen molar-refractivity contribution in [2.75, 3.05) is 5.32 Å². The molecule has 0 unspecified atom stereocenters.